The zero-order chi connectivity index (χ0) is 18.0. The summed E-state index contributed by atoms with van der Waals surface area (Å²) >= 11 is 0. The smallest absolute Gasteiger partial charge is 0.228 e. The highest BCUT2D eigenvalue weighted by molar-refractivity contribution is 5.89. The van der Waals surface area contributed by atoms with E-state index in [4.69, 9.17) is 4.42 Å². The van der Waals surface area contributed by atoms with Crippen LogP contribution in [0.15, 0.2) is 22.8 Å². The van der Waals surface area contributed by atoms with Crippen LogP contribution in [0.4, 0.5) is 0 Å². The molecule has 7 nitrogen and oxygen atoms in total. The minimum Gasteiger partial charge on any atom is -0.467 e. The van der Waals surface area contributed by atoms with E-state index in [2.05, 4.69) is 4.90 Å². The molecule has 0 unspecified atom stereocenters. The Morgan fingerprint density at radius 3 is 2.64 bits per heavy atom. The Kier molecular flexibility index (Phi) is 5.15. The molecule has 0 bridgehead atoms. The van der Waals surface area contributed by atoms with Crippen LogP contribution in [0.3, 0.4) is 0 Å². The van der Waals surface area contributed by atoms with Crippen LogP contribution in [0.5, 0.6) is 0 Å². The summed E-state index contributed by atoms with van der Waals surface area (Å²) in [5.41, 5.74) is -0.726. The molecular weight excluding hydrogens is 322 g/mol. The molecule has 0 aliphatic carbocycles. The Morgan fingerprint density at radius 2 is 2.04 bits per heavy atom. The lowest BCUT2D eigenvalue weighted by Crippen LogP contribution is -2.53. The molecular formula is C18H27N3O4. The van der Waals surface area contributed by atoms with Crippen molar-refractivity contribution >= 4 is 11.8 Å². The van der Waals surface area contributed by atoms with Crippen LogP contribution in [0.1, 0.15) is 26.0 Å². The molecule has 25 heavy (non-hydrogen) atoms. The van der Waals surface area contributed by atoms with Gasteiger partial charge in [0.25, 0.3) is 0 Å². The SMILES string of the molecule is CC(C)(O)CN1CCN(C(=O)[C@@H]2CC(=O)N(Cc3ccco3)C2)CC1. The number of nitrogens with zero attached hydrogens (tertiary/aromatic N) is 3. The Hall–Kier alpha value is -1.86. The fraction of sp³-hybridized carbons (Fsp3) is 0.667. The van der Waals surface area contributed by atoms with E-state index in [9.17, 15) is 14.7 Å². The van der Waals surface area contributed by atoms with Crippen LogP contribution in [-0.2, 0) is 16.1 Å². The van der Waals surface area contributed by atoms with Gasteiger partial charge >= 0.3 is 0 Å². The summed E-state index contributed by atoms with van der Waals surface area (Å²) in [7, 11) is 0. The predicted molar refractivity (Wildman–Crippen MR) is 91.5 cm³/mol. The molecule has 7 heteroatoms. The van der Waals surface area contributed by atoms with Gasteiger partial charge in [0.15, 0.2) is 0 Å². The van der Waals surface area contributed by atoms with Crippen LogP contribution in [-0.4, -0.2) is 76.5 Å². The maximum Gasteiger partial charge on any atom is 0.228 e. The molecule has 0 saturated carbocycles. The zero-order valence-corrected chi connectivity index (χ0v) is 15.0. The quantitative estimate of drug-likeness (QED) is 0.840. The average molecular weight is 349 g/mol. The summed E-state index contributed by atoms with van der Waals surface area (Å²) in [6, 6.07) is 3.63. The van der Waals surface area contributed by atoms with E-state index in [1.54, 1.807) is 31.1 Å². The second kappa shape index (κ2) is 7.17. The number of carbonyl (C=O) groups excluding carboxylic acids is 2. The van der Waals surface area contributed by atoms with Crippen molar-refractivity contribution in [2.45, 2.75) is 32.4 Å². The number of amides is 2. The number of hydrogen-bond donors (Lipinski definition) is 1. The number of aliphatic hydroxyl groups is 1. The van der Waals surface area contributed by atoms with Crippen molar-refractivity contribution in [2.75, 3.05) is 39.3 Å². The molecule has 2 saturated heterocycles. The van der Waals surface area contributed by atoms with Gasteiger partial charge in [0.2, 0.25) is 11.8 Å². The number of rotatable bonds is 5. The zero-order valence-electron chi connectivity index (χ0n) is 15.0. The summed E-state index contributed by atoms with van der Waals surface area (Å²) < 4.78 is 5.29. The van der Waals surface area contributed by atoms with Crippen LogP contribution in [0, 0.1) is 5.92 Å². The molecule has 1 aromatic rings. The first-order valence-electron chi connectivity index (χ1n) is 8.85. The first-order valence-corrected chi connectivity index (χ1v) is 8.85. The second-order valence-electron chi connectivity index (χ2n) is 7.67. The van der Waals surface area contributed by atoms with Gasteiger partial charge in [-0.05, 0) is 26.0 Å². The predicted octanol–water partition coefficient (Wildman–Crippen LogP) is 0.543. The Bertz CT molecular complexity index is 600. The first kappa shape index (κ1) is 17.9. The highest BCUT2D eigenvalue weighted by Gasteiger charge is 2.37. The van der Waals surface area contributed by atoms with E-state index >= 15 is 0 Å². The normalized spacial score (nSPS) is 22.7. The van der Waals surface area contributed by atoms with Crippen molar-refractivity contribution in [1.29, 1.82) is 0 Å². The lowest BCUT2D eigenvalue weighted by atomic mass is 10.1. The van der Waals surface area contributed by atoms with Gasteiger partial charge < -0.3 is 19.3 Å². The highest BCUT2D eigenvalue weighted by atomic mass is 16.3. The molecule has 1 atom stereocenters. The fourth-order valence-electron chi connectivity index (χ4n) is 3.61. The molecule has 0 aromatic carbocycles. The molecule has 1 aromatic heterocycles. The van der Waals surface area contributed by atoms with Gasteiger partial charge in [-0.1, -0.05) is 0 Å². The van der Waals surface area contributed by atoms with Crippen molar-refractivity contribution in [3.8, 4) is 0 Å². The van der Waals surface area contributed by atoms with Crippen LogP contribution in [0.25, 0.3) is 0 Å². The second-order valence-corrected chi connectivity index (χ2v) is 7.67. The van der Waals surface area contributed by atoms with E-state index in [1.165, 1.54) is 0 Å². The number of carbonyl (C=O) groups is 2. The van der Waals surface area contributed by atoms with Crippen molar-refractivity contribution in [2.24, 2.45) is 5.92 Å². The maximum atomic E-state index is 12.7. The Labute approximate surface area is 148 Å². The van der Waals surface area contributed by atoms with E-state index in [0.717, 1.165) is 18.8 Å². The fourth-order valence-corrected chi connectivity index (χ4v) is 3.61. The average Bonchev–Trinajstić information content (AvgIpc) is 3.17. The molecule has 2 amide bonds. The Balaban J connectivity index is 1.50. The lowest BCUT2D eigenvalue weighted by molar-refractivity contribution is -0.137. The molecule has 138 valence electrons. The summed E-state index contributed by atoms with van der Waals surface area (Å²) in [4.78, 5) is 30.7. The summed E-state index contributed by atoms with van der Waals surface area (Å²) in [5, 5.41) is 9.91. The number of likely N-dealkylation sites (tertiary alicyclic amines) is 1. The van der Waals surface area contributed by atoms with Gasteiger partial charge in [0.1, 0.15) is 5.76 Å². The minimum atomic E-state index is -0.726. The van der Waals surface area contributed by atoms with Gasteiger partial charge in [0, 0.05) is 45.7 Å². The first-order chi connectivity index (χ1) is 11.8. The molecule has 3 rings (SSSR count). The summed E-state index contributed by atoms with van der Waals surface area (Å²) in [5.74, 6) is 0.554. The van der Waals surface area contributed by atoms with E-state index in [-0.39, 0.29) is 24.2 Å². The van der Waals surface area contributed by atoms with E-state index in [0.29, 0.717) is 32.7 Å². The third-order valence-electron chi connectivity index (χ3n) is 4.79. The van der Waals surface area contributed by atoms with Crippen LogP contribution in [0.2, 0.25) is 0 Å². The van der Waals surface area contributed by atoms with Gasteiger partial charge in [-0.25, -0.2) is 0 Å². The van der Waals surface area contributed by atoms with Crippen molar-refractivity contribution in [3.05, 3.63) is 24.2 Å². The monoisotopic (exact) mass is 349 g/mol. The van der Waals surface area contributed by atoms with Gasteiger partial charge in [-0.15, -0.1) is 0 Å². The highest BCUT2D eigenvalue weighted by Crippen LogP contribution is 2.23. The molecule has 0 radical (unpaired) electrons. The summed E-state index contributed by atoms with van der Waals surface area (Å²) in [6.07, 6.45) is 1.87. The standard InChI is InChI=1S/C18H27N3O4/c1-18(2,24)13-19-5-7-20(8-6-19)17(23)14-10-16(22)21(11-14)12-15-4-3-9-25-15/h3-4,9,14,24H,5-8,10-13H2,1-2H3/t14-/m1/s1. The van der Waals surface area contributed by atoms with Gasteiger partial charge in [-0.3, -0.25) is 14.5 Å². The van der Waals surface area contributed by atoms with Crippen molar-refractivity contribution in [1.82, 2.24) is 14.7 Å². The number of furan rings is 1. The number of hydrogen-bond acceptors (Lipinski definition) is 5. The van der Waals surface area contributed by atoms with Crippen molar-refractivity contribution < 1.29 is 19.1 Å². The number of piperazine rings is 1. The molecule has 1 N–H and O–H groups in total. The van der Waals surface area contributed by atoms with Crippen molar-refractivity contribution in [3.63, 3.8) is 0 Å². The maximum absolute atomic E-state index is 12.7. The van der Waals surface area contributed by atoms with Crippen LogP contribution >= 0.6 is 0 Å². The van der Waals surface area contributed by atoms with E-state index in [1.807, 2.05) is 11.0 Å². The molecule has 2 fully saturated rings. The largest absolute Gasteiger partial charge is 0.467 e. The third-order valence-corrected chi connectivity index (χ3v) is 4.79. The van der Waals surface area contributed by atoms with E-state index < -0.39 is 5.60 Å². The third kappa shape index (κ3) is 4.61. The van der Waals surface area contributed by atoms with Gasteiger partial charge in [0.05, 0.1) is 24.3 Å². The summed E-state index contributed by atoms with van der Waals surface area (Å²) in [6.45, 7) is 7.89. The molecule has 3 heterocycles. The Morgan fingerprint density at radius 1 is 1.32 bits per heavy atom. The molecule has 2 aliphatic rings. The topological polar surface area (TPSA) is 77.2 Å². The molecule has 0 spiro atoms. The lowest BCUT2D eigenvalue weighted by Gasteiger charge is -2.38. The molecule has 2 aliphatic heterocycles. The van der Waals surface area contributed by atoms with Gasteiger partial charge in [-0.2, -0.15) is 0 Å². The van der Waals surface area contributed by atoms with Crippen LogP contribution < -0.4 is 0 Å². The minimum absolute atomic E-state index is 0.00964. The number of β-amino-alcohol motifs (C(OH)–C–C–N with tert-alkyl or cyclic N) is 1.